The van der Waals surface area contributed by atoms with Crippen LogP contribution in [0.3, 0.4) is 0 Å². The number of hydrogen-bond donors (Lipinski definition) is 2. The number of aromatic nitrogens is 3. The molecule has 2 aromatic heterocycles. The first-order chi connectivity index (χ1) is 14.0. The molecule has 1 aromatic carbocycles. The van der Waals surface area contributed by atoms with Crippen LogP contribution in [0.25, 0.3) is 16.7 Å². The molecule has 1 aliphatic heterocycles. The third-order valence-corrected chi connectivity index (χ3v) is 5.06. The van der Waals surface area contributed by atoms with Crippen molar-refractivity contribution >= 4 is 23.9 Å². The van der Waals surface area contributed by atoms with Gasteiger partial charge in [0, 0.05) is 42.9 Å². The van der Waals surface area contributed by atoms with Crippen molar-refractivity contribution in [1.82, 2.24) is 19.6 Å². The minimum atomic E-state index is -0.974. The molecule has 9 nitrogen and oxygen atoms in total. The van der Waals surface area contributed by atoms with Crippen LogP contribution >= 0.6 is 0 Å². The van der Waals surface area contributed by atoms with E-state index in [1.807, 2.05) is 18.2 Å². The number of fused-ring (bicyclic) bond motifs is 1. The first-order valence-electron chi connectivity index (χ1n) is 9.28. The summed E-state index contributed by atoms with van der Waals surface area (Å²) in [6.45, 7) is 1.87. The number of ether oxygens (including phenoxy) is 2. The van der Waals surface area contributed by atoms with Crippen molar-refractivity contribution in [3.8, 4) is 17.3 Å². The zero-order valence-corrected chi connectivity index (χ0v) is 16.1. The van der Waals surface area contributed by atoms with E-state index in [1.165, 1.54) is 4.81 Å². The largest absolute Gasteiger partial charge is 0.497 e. The quantitative estimate of drug-likeness (QED) is 0.603. The van der Waals surface area contributed by atoms with Gasteiger partial charge in [-0.15, -0.1) is 0 Å². The third-order valence-electron chi connectivity index (χ3n) is 5.06. The van der Waals surface area contributed by atoms with Gasteiger partial charge in [0.1, 0.15) is 23.6 Å². The van der Waals surface area contributed by atoms with Gasteiger partial charge in [0.05, 0.1) is 12.6 Å². The van der Waals surface area contributed by atoms with Gasteiger partial charge < -0.3 is 24.4 Å². The number of carboxylic acid groups (broad SMARTS) is 1. The molecule has 0 aliphatic carbocycles. The second-order valence-corrected chi connectivity index (χ2v) is 6.97. The predicted octanol–water partition coefficient (Wildman–Crippen LogP) is 1.45. The number of carboxylic acids is 1. The molecule has 2 N–H and O–H groups in total. The van der Waals surface area contributed by atoms with Gasteiger partial charge in [-0.2, -0.15) is 5.10 Å². The maximum absolute atomic E-state index is 11.6. The van der Waals surface area contributed by atoms with Crippen LogP contribution in [0, 0.1) is 0 Å². The number of pyridine rings is 1. The third kappa shape index (κ3) is 3.76. The van der Waals surface area contributed by atoms with Crippen molar-refractivity contribution in [2.75, 3.05) is 13.7 Å². The molecule has 150 valence electrons. The fourth-order valence-electron chi connectivity index (χ4n) is 3.65. The molecular weight excluding hydrogens is 375 g/mol. The molecule has 0 unspecified atom stereocenters. The summed E-state index contributed by atoms with van der Waals surface area (Å²) in [5, 5.41) is 24.4. The molecule has 1 saturated heterocycles. The van der Waals surface area contributed by atoms with Crippen LogP contribution in [-0.2, 0) is 4.79 Å². The second-order valence-electron chi connectivity index (χ2n) is 6.97. The van der Waals surface area contributed by atoms with Gasteiger partial charge in [0.25, 0.3) is 0 Å². The van der Waals surface area contributed by atoms with Crippen molar-refractivity contribution in [2.24, 2.45) is 0 Å². The van der Waals surface area contributed by atoms with Gasteiger partial charge in [0.15, 0.2) is 5.82 Å². The number of aliphatic carboxylic acids is 1. The lowest BCUT2D eigenvalue weighted by molar-refractivity contribution is -0.141. The molecule has 1 fully saturated rings. The van der Waals surface area contributed by atoms with E-state index in [2.05, 4.69) is 10.1 Å². The van der Waals surface area contributed by atoms with Gasteiger partial charge in [-0.25, -0.2) is 9.67 Å². The Hall–Kier alpha value is -3.11. The maximum atomic E-state index is 11.6. The van der Waals surface area contributed by atoms with E-state index in [4.69, 9.17) is 9.47 Å². The normalized spacial score (nSPS) is 19.4. The van der Waals surface area contributed by atoms with Crippen molar-refractivity contribution in [3.05, 3.63) is 42.7 Å². The van der Waals surface area contributed by atoms with Crippen molar-refractivity contribution < 1.29 is 24.4 Å². The molecule has 29 heavy (non-hydrogen) atoms. The topological polar surface area (TPSA) is 110 Å². The fourth-order valence-corrected chi connectivity index (χ4v) is 3.65. The van der Waals surface area contributed by atoms with Crippen LogP contribution < -0.4 is 9.47 Å². The Morgan fingerprint density at radius 3 is 2.79 bits per heavy atom. The van der Waals surface area contributed by atoms with E-state index in [0.717, 1.165) is 5.39 Å². The van der Waals surface area contributed by atoms with Crippen LogP contribution in [-0.4, -0.2) is 68.5 Å². The van der Waals surface area contributed by atoms with E-state index >= 15 is 0 Å². The predicted molar refractivity (Wildman–Crippen MR) is 106 cm³/mol. The summed E-state index contributed by atoms with van der Waals surface area (Å²) in [6, 6.07) is 8.28. The number of methoxy groups -OCH3 is 1. The standard InChI is InChI=1S/C19H21BN4O5/c1-20(27)23-11-13(9-16(23)19(25)26)29-17-10-18(24-7-3-6-21-24)22-15-8-12(28-2)4-5-14(15)17/h3-8,10,13,16,27H,9,11H2,1-2H3,(H,25,26)/t13-,16+/m1/s1. The van der Waals surface area contributed by atoms with E-state index in [1.54, 1.807) is 43.1 Å². The van der Waals surface area contributed by atoms with E-state index < -0.39 is 19.1 Å². The zero-order valence-electron chi connectivity index (χ0n) is 16.1. The number of carbonyl (C=O) groups is 1. The molecule has 1 aliphatic rings. The van der Waals surface area contributed by atoms with E-state index in [0.29, 0.717) is 29.4 Å². The highest BCUT2D eigenvalue weighted by Gasteiger charge is 2.41. The maximum Gasteiger partial charge on any atom is 0.377 e. The zero-order chi connectivity index (χ0) is 20.5. The summed E-state index contributed by atoms with van der Waals surface area (Å²) < 4.78 is 13.2. The van der Waals surface area contributed by atoms with Crippen LogP contribution in [0.1, 0.15) is 6.42 Å². The monoisotopic (exact) mass is 396 g/mol. The lowest BCUT2D eigenvalue weighted by Gasteiger charge is -2.21. The number of rotatable bonds is 6. The Labute approximate surface area is 167 Å². The Morgan fingerprint density at radius 1 is 1.34 bits per heavy atom. The Balaban J connectivity index is 1.72. The molecule has 3 heterocycles. The second kappa shape index (κ2) is 7.73. The van der Waals surface area contributed by atoms with Gasteiger partial charge >= 0.3 is 13.0 Å². The SMILES string of the molecule is COc1ccc2c(O[C@@H]3C[C@@H](C(=O)O)N(B(C)O)C3)cc(-n3cccn3)nc2c1. The minimum absolute atomic E-state index is 0.275. The van der Waals surface area contributed by atoms with Crippen LogP contribution in [0.4, 0.5) is 0 Å². The van der Waals surface area contributed by atoms with Crippen LogP contribution in [0.2, 0.25) is 6.82 Å². The molecule has 10 heteroatoms. The smallest absolute Gasteiger partial charge is 0.377 e. The van der Waals surface area contributed by atoms with E-state index in [9.17, 15) is 14.9 Å². The van der Waals surface area contributed by atoms with Gasteiger partial charge in [-0.3, -0.25) is 4.79 Å². The first-order valence-corrected chi connectivity index (χ1v) is 9.28. The van der Waals surface area contributed by atoms with Crippen LogP contribution in [0.15, 0.2) is 42.7 Å². The Kier molecular flexibility index (Phi) is 5.12. The molecular formula is C19H21BN4O5. The number of benzene rings is 1. The molecule has 0 spiro atoms. The molecule has 4 rings (SSSR count). The van der Waals surface area contributed by atoms with Gasteiger partial charge in [0.2, 0.25) is 0 Å². The summed E-state index contributed by atoms with van der Waals surface area (Å²) in [5.74, 6) is 0.842. The highest BCUT2D eigenvalue weighted by molar-refractivity contribution is 6.45. The van der Waals surface area contributed by atoms with Crippen molar-refractivity contribution in [3.63, 3.8) is 0 Å². The number of nitrogens with zero attached hydrogens (tertiary/aromatic N) is 4. The first kappa shape index (κ1) is 19.2. The van der Waals surface area contributed by atoms with E-state index in [-0.39, 0.29) is 12.5 Å². The van der Waals surface area contributed by atoms with Crippen LogP contribution in [0.5, 0.6) is 11.5 Å². The molecule has 2 atom stereocenters. The van der Waals surface area contributed by atoms with Crippen molar-refractivity contribution in [1.29, 1.82) is 0 Å². The average molecular weight is 396 g/mol. The summed E-state index contributed by atoms with van der Waals surface area (Å²) >= 11 is 0. The lowest BCUT2D eigenvalue weighted by Crippen LogP contribution is -2.45. The summed E-state index contributed by atoms with van der Waals surface area (Å²) in [6.07, 6.45) is 3.33. The molecule has 0 amide bonds. The Morgan fingerprint density at radius 2 is 2.17 bits per heavy atom. The summed E-state index contributed by atoms with van der Waals surface area (Å²) in [5.41, 5.74) is 0.674. The summed E-state index contributed by atoms with van der Waals surface area (Å²) in [4.78, 5) is 17.7. The summed E-state index contributed by atoms with van der Waals surface area (Å²) in [7, 11) is 0.716. The fraction of sp³-hybridized carbons (Fsp3) is 0.316. The lowest BCUT2D eigenvalue weighted by atomic mass is 9.84. The Bertz CT molecular complexity index is 1030. The average Bonchev–Trinajstić information content (AvgIpc) is 3.37. The van der Waals surface area contributed by atoms with Gasteiger partial charge in [-0.1, -0.05) is 0 Å². The van der Waals surface area contributed by atoms with Gasteiger partial charge in [-0.05, 0) is 25.0 Å². The highest BCUT2D eigenvalue weighted by atomic mass is 16.5. The minimum Gasteiger partial charge on any atom is -0.497 e. The molecule has 0 radical (unpaired) electrons. The molecule has 0 saturated carbocycles. The molecule has 3 aromatic rings. The highest BCUT2D eigenvalue weighted by Crippen LogP contribution is 2.32. The molecule has 0 bridgehead atoms. The number of hydrogen-bond acceptors (Lipinski definition) is 7. The van der Waals surface area contributed by atoms with Crippen molar-refractivity contribution in [2.45, 2.75) is 25.4 Å².